The van der Waals surface area contributed by atoms with Gasteiger partial charge in [-0.05, 0) is 37.5 Å². The Morgan fingerprint density at radius 2 is 1.97 bits per heavy atom. The number of hydrogen-bond acceptors (Lipinski definition) is 6. The number of likely N-dealkylation sites (N-methyl/N-ethyl adjacent to an activating group) is 1. The van der Waals surface area contributed by atoms with E-state index in [2.05, 4.69) is 6.07 Å². The summed E-state index contributed by atoms with van der Waals surface area (Å²) >= 11 is 0. The summed E-state index contributed by atoms with van der Waals surface area (Å²) < 4.78 is 17.8. The van der Waals surface area contributed by atoms with E-state index in [9.17, 15) is 14.9 Å². The lowest BCUT2D eigenvalue weighted by Crippen LogP contribution is -2.47. The van der Waals surface area contributed by atoms with Gasteiger partial charge in [-0.2, -0.15) is 5.26 Å². The zero-order valence-electron chi connectivity index (χ0n) is 18.5. The van der Waals surface area contributed by atoms with Crippen LogP contribution in [0.2, 0.25) is 0 Å². The summed E-state index contributed by atoms with van der Waals surface area (Å²) in [4.78, 5) is 28.9. The van der Waals surface area contributed by atoms with E-state index in [1.54, 1.807) is 49.2 Å². The molecule has 0 aromatic heterocycles. The first-order chi connectivity index (χ1) is 14.9. The van der Waals surface area contributed by atoms with Crippen LogP contribution in [0.4, 0.5) is 0 Å². The van der Waals surface area contributed by atoms with E-state index in [4.69, 9.17) is 14.2 Å². The molecule has 2 heterocycles. The fourth-order valence-corrected chi connectivity index (χ4v) is 4.11. The van der Waals surface area contributed by atoms with Crippen molar-refractivity contribution >= 4 is 11.8 Å². The Morgan fingerprint density at radius 1 is 1.16 bits per heavy atom. The molecular formula is C23H31N3O5. The highest BCUT2D eigenvalue weighted by atomic mass is 16.5. The maximum Gasteiger partial charge on any atom is 0.257 e. The molecule has 3 rings (SSSR count). The number of nitriles is 1. The van der Waals surface area contributed by atoms with Crippen LogP contribution in [0.15, 0.2) is 18.2 Å². The van der Waals surface area contributed by atoms with Gasteiger partial charge in [-0.1, -0.05) is 0 Å². The van der Waals surface area contributed by atoms with Gasteiger partial charge in [0.15, 0.2) is 0 Å². The lowest BCUT2D eigenvalue weighted by Gasteiger charge is -2.37. The molecule has 0 saturated carbocycles. The first kappa shape index (κ1) is 23.0. The van der Waals surface area contributed by atoms with E-state index in [1.807, 2.05) is 0 Å². The number of carbonyl (C=O) groups is 2. The van der Waals surface area contributed by atoms with Gasteiger partial charge < -0.3 is 24.0 Å². The van der Waals surface area contributed by atoms with Crippen LogP contribution in [0.1, 0.15) is 48.0 Å². The third-order valence-electron chi connectivity index (χ3n) is 6.00. The van der Waals surface area contributed by atoms with Crippen molar-refractivity contribution in [3.8, 4) is 11.8 Å². The molecule has 2 aliphatic rings. The summed E-state index contributed by atoms with van der Waals surface area (Å²) in [5.74, 6) is 0.252. The predicted octanol–water partition coefficient (Wildman–Crippen LogP) is 2.21. The van der Waals surface area contributed by atoms with Gasteiger partial charge >= 0.3 is 0 Å². The van der Waals surface area contributed by atoms with Crippen molar-refractivity contribution < 1.29 is 23.8 Å². The summed E-state index contributed by atoms with van der Waals surface area (Å²) in [6.45, 7) is 1.29. The molecule has 1 aromatic carbocycles. The summed E-state index contributed by atoms with van der Waals surface area (Å²) in [6, 6.07) is 6.96. The molecule has 1 aromatic rings. The van der Waals surface area contributed by atoms with Gasteiger partial charge in [0.2, 0.25) is 5.91 Å². The molecule has 8 nitrogen and oxygen atoms in total. The second-order valence-electron chi connectivity index (χ2n) is 8.21. The zero-order valence-corrected chi connectivity index (χ0v) is 18.5. The third-order valence-corrected chi connectivity index (χ3v) is 6.00. The maximum atomic E-state index is 13.0. The van der Waals surface area contributed by atoms with Crippen molar-refractivity contribution in [2.75, 3.05) is 40.9 Å². The van der Waals surface area contributed by atoms with Crippen LogP contribution in [0.3, 0.4) is 0 Å². The van der Waals surface area contributed by atoms with Crippen LogP contribution >= 0.6 is 0 Å². The van der Waals surface area contributed by atoms with Crippen molar-refractivity contribution in [3.63, 3.8) is 0 Å². The third kappa shape index (κ3) is 5.75. The molecule has 168 valence electrons. The number of hydrogen-bond donors (Lipinski definition) is 0. The van der Waals surface area contributed by atoms with Crippen LogP contribution in [-0.4, -0.2) is 80.8 Å². The topological polar surface area (TPSA) is 92.1 Å². The summed E-state index contributed by atoms with van der Waals surface area (Å²) in [6.07, 6.45) is 3.02. The molecule has 2 amide bonds. The Bertz CT molecular complexity index is 837. The minimum atomic E-state index is -0.225. The van der Waals surface area contributed by atoms with E-state index in [1.165, 1.54) is 0 Å². The van der Waals surface area contributed by atoms with Gasteiger partial charge in [0.05, 0.1) is 36.0 Å². The van der Waals surface area contributed by atoms with E-state index in [0.29, 0.717) is 55.8 Å². The first-order valence-electron chi connectivity index (χ1n) is 10.8. The Balaban J connectivity index is 1.82. The lowest BCUT2D eigenvalue weighted by molar-refractivity contribution is -0.150. The molecule has 0 aliphatic carbocycles. The van der Waals surface area contributed by atoms with Crippen molar-refractivity contribution in [1.29, 1.82) is 5.26 Å². The summed E-state index contributed by atoms with van der Waals surface area (Å²) in [7, 11) is 5.16. The second kappa shape index (κ2) is 10.6. The molecule has 0 spiro atoms. The predicted molar refractivity (Wildman–Crippen MR) is 114 cm³/mol. The number of benzene rings is 1. The van der Waals surface area contributed by atoms with Gasteiger partial charge in [0.1, 0.15) is 11.9 Å². The molecule has 0 unspecified atom stereocenters. The zero-order chi connectivity index (χ0) is 22.4. The Morgan fingerprint density at radius 3 is 2.71 bits per heavy atom. The van der Waals surface area contributed by atoms with Gasteiger partial charge in [0.25, 0.3) is 5.91 Å². The standard InChI is InChI=1S/C23H31N3O5/c1-25-11-4-5-22(27)26(2)15-21-20(29-3)9-7-17(31-21)10-12-30-19-8-6-16(14-24)13-18(19)23(25)28/h6,8,13,17,20-21H,4-5,7,9-12,15H2,1-3H3/t17-,20-,21-/m1/s1. The normalized spacial score (nSPS) is 26.1. The maximum absolute atomic E-state index is 13.0. The summed E-state index contributed by atoms with van der Waals surface area (Å²) in [5, 5.41) is 9.24. The largest absolute Gasteiger partial charge is 0.493 e. The summed E-state index contributed by atoms with van der Waals surface area (Å²) in [5.41, 5.74) is 0.762. The number of methoxy groups -OCH3 is 1. The molecule has 2 bridgehead atoms. The van der Waals surface area contributed by atoms with Gasteiger partial charge in [-0.15, -0.1) is 0 Å². The molecule has 3 atom stereocenters. The van der Waals surface area contributed by atoms with E-state index < -0.39 is 0 Å². The average molecular weight is 430 g/mol. The smallest absolute Gasteiger partial charge is 0.257 e. The Labute approximate surface area is 183 Å². The number of carbonyl (C=O) groups excluding carboxylic acids is 2. The van der Waals surface area contributed by atoms with Crippen molar-refractivity contribution in [2.45, 2.75) is 50.4 Å². The van der Waals surface area contributed by atoms with Gasteiger partial charge in [-0.3, -0.25) is 9.59 Å². The minimum Gasteiger partial charge on any atom is -0.493 e. The van der Waals surface area contributed by atoms with E-state index in [0.717, 1.165) is 12.8 Å². The average Bonchev–Trinajstić information content (AvgIpc) is 2.78. The second-order valence-corrected chi connectivity index (χ2v) is 8.21. The molecule has 0 radical (unpaired) electrons. The molecule has 2 aliphatic heterocycles. The first-order valence-corrected chi connectivity index (χ1v) is 10.8. The highest BCUT2D eigenvalue weighted by Crippen LogP contribution is 2.26. The van der Waals surface area contributed by atoms with Gasteiger partial charge in [0, 0.05) is 47.1 Å². The number of fused-ring (bicyclic) bond motifs is 3. The van der Waals surface area contributed by atoms with Crippen LogP contribution in [0.25, 0.3) is 0 Å². The van der Waals surface area contributed by atoms with Gasteiger partial charge in [-0.25, -0.2) is 0 Å². The van der Waals surface area contributed by atoms with Crippen LogP contribution in [0, 0.1) is 11.3 Å². The number of rotatable bonds is 1. The van der Waals surface area contributed by atoms with Crippen LogP contribution in [-0.2, 0) is 14.3 Å². The molecule has 1 fully saturated rings. The lowest BCUT2D eigenvalue weighted by atomic mass is 9.98. The quantitative estimate of drug-likeness (QED) is 0.680. The van der Waals surface area contributed by atoms with Crippen molar-refractivity contribution in [1.82, 2.24) is 9.80 Å². The Kier molecular flexibility index (Phi) is 7.88. The molecule has 31 heavy (non-hydrogen) atoms. The molecule has 0 N–H and O–H groups in total. The molecular weight excluding hydrogens is 398 g/mol. The van der Waals surface area contributed by atoms with Crippen LogP contribution in [0.5, 0.6) is 5.75 Å². The molecule has 8 heteroatoms. The van der Waals surface area contributed by atoms with E-state index in [-0.39, 0.29) is 30.1 Å². The number of ether oxygens (including phenoxy) is 3. The monoisotopic (exact) mass is 429 g/mol. The van der Waals surface area contributed by atoms with Crippen molar-refractivity contribution in [2.24, 2.45) is 0 Å². The minimum absolute atomic E-state index is 0.00647. The number of amides is 2. The SMILES string of the molecule is CO[C@@H]1CC[C@@H]2CCOc3ccc(C#N)cc3C(=O)N(C)CCCC(=O)N(C)C[C@H]1O2. The fourth-order valence-electron chi connectivity index (χ4n) is 4.11. The molecule has 1 saturated heterocycles. The van der Waals surface area contributed by atoms with E-state index >= 15 is 0 Å². The van der Waals surface area contributed by atoms with Crippen LogP contribution < -0.4 is 4.74 Å². The van der Waals surface area contributed by atoms with Crippen molar-refractivity contribution in [3.05, 3.63) is 29.3 Å². The number of nitrogens with zero attached hydrogens (tertiary/aromatic N) is 3. The Hall–Kier alpha value is -2.63. The fraction of sp³-hybridized carbons (Fsp3) is 0.609. The highest BCUT2D eigenvalue weighted by Gasteiger charge is 2.33. The highest BCUT2D eigenvalue weighted by molar-refractivity contribution is 5.97.